The fourth-order valence-corrected chi connectivity index (χ4v) is 4.54. The topological polar surface area (TPSA) is 92.3 Å². The summed E-state index contributed by atoms with van der Waals surface area (Å²) in [7, 11) is -6.60. The largest absolute Gasteiger partial charge is 0.280 e. The molecule has 0 aliphatic rings. The van der Waals surface area contributed by atoms with Gasteiger partial charge in [0.25, 0.3) is 10.0 Å². The molecular formula is C14H14ClFN2O4S2. The van der Waals surface area contributed by atoms with Crippen LogP contribution in [-0.4, -0.2) is 23.9 Å². The molecule has 2 rings (SSSR count). The number of hydrogen-bond donors (Lipinski definition) is 2. The molecule has 0 aliphatic carbocycles. The van der Waals surface area contributed by atoms with E-state index in [2.05, 4.69) is 9.44 Å². The highest BCUT2D eigenvalue weighted by molar-refractivity contribution is 7.93. The number of benzene rings is 2. The van der Waals surface area contributed by atoms with Crippen LogP contribution in [0.25, 0.3) is 0 Å². The summed E-state index contributed by atoms with van der Waals surface area (Å²) in [5, 5.41) is -0.280. The van der Waals surface area contributed by atoms with Crippen molar-refractivity contribution in [3.05, 3.63) is 52.8 Å². The van der Waals surface area contributed by atoms with Crippen LogP contribution in [0.15, 0.2) is 46.2 Å². The molecule has 0 aliphatic heterocycles. The van der Waals surface area contributed by atoms with Crippen molar-refractivity contribution < 1.29 is 21.2 Å². The molecule has 0 aromatic heterocycles. The van der Waals surface area contributed by atoms with Crippen LogP contribution in [0.1, 0.15) is 5.56 Å². The van der Waals surface area contributed by atoms with Crippen LogP contribution >= 0.6 is 11.6 Å². The highest BCUT2D eigenvalue weighted by Crippen LogP contribution is 2.26. The first-order valence-electron chi connectivity index (χ1n) is 6.59. The van der Waals surface area contributed by atoms with Crippen molar-refractivity contribution in [2.45, 2.75) is 16.7 Å². The van der Waals surface area contributed by atoms with Crippen LogP contribution in [-0.2, 0) is 20.0 Å². The van der Waals surface area contributed by atoms with Crippen molar-refractivity contribution in [3.63, 3.8) is 0 Å². The molecule has 10 heteroatoms. The van der Waals surface area contributed by atoms with Crippen LogP contribution in [0, 0.1) is 12.7 Å². The summed E-state index contributed by atoms with van der Waals surface area (Å²) in [5.41, 5.74) is 0.488. The molecule has 0 saturated carbocycles. The van der Waals surface area contributed by atoms with Crippen LogP contribution in [0.5, 0.6) is 0 Å². The molecule has 2 aromatic rings. The molecule has 0 amide bonds. The Balaban J connectivity index is 2.46. The number of anilines is 1. The molecule has 0 saturated heterocycles. The van der Waals surface area contributed by atoms with Gasteiger partial charge >= 0.3 is 0 Å². The Morgan fingerprint density at radius 3 is 2.21 bits per heavy atom. The number of sulfonamides is 2. The van der Waals surface area contributed by atoms with Gasteiger partial charge in [0.05, 0.1) is 15.6 Å². The Labute approximate surface area is 144 Å². The lowest BCUT2D eigenvalue weighted by molar-refractivity contribution is 0.587. The van der Waals surface area contributed by atoms with Gasteiger partial charge in [-0.1, -0.05) is 17.7 Å². The molecule has 130 valence electrons. The van der Waals surface area contributed by atoms with E-state index in [1.165, 1.54) is 25.2 Å². The summed E-state index contributed by atoms with van der Waals surface area (Å²) in [6, 6.07) is 6.94. The van der Waals surface area contributed by atoms with Crippen molar-refractivity contribution in [2.24, 2.45) is 0 Å². The van der Waals surface area contributed by atoms with Crippen molar-refractivity contribution in [2.75, 3.05) is 11.8 Å². The quantitative estimate of drug-likeness (QED) is 0.817. The fraction of sp³-hybridized carbons (Fsp3) is 0.143. The van der Waals surface area contributed by atoms with Gasteiger partial charge in [-0.05, 0) is 49.9 Å². The third-order valence-electron chi connectivity index (χ3n) is 3.18. The number of hydrogen-bond acceptors (Lipinski definition) is 4. The molecule has 6 nitrogen and oxygen atoms in total. The van der Waals surface area contributed by atoms with Crippen LogP contribution < -0.4 is 9.44 Å². The Morgan fingerprint density at radius 2 is 1.62 bits per heavy atom. The first kappa shape index (κ1) is 18.7. The minimum Gasteiger partial charge on any atom is -0.280 e. The molecule has 0 atom stereocenters. The van der Waals surface area contributed by atoms with E-state index in [0.717, 1.165) is 18.2 Å². The standard InChI is InChI=1S/C14H14ClFN2O4S2/c1-9-3-5-11(8-14(9)23(19,20)17-2)18-24(21,22)13-6-4-10(16)7-12(13)15/h3-8,17-18H,1-2H3. The first-order chi connectivity index (χ1) is 11.1. The Morgan fingerprint density at radius 1 is 0.958 bits per heavy atom. The van der Waals surface area contributed by atoms with Gasteiger partial charge < -0.3 is 0 Å². The molecule has 24 heavy (non-hydrogen) atoms. The van der Waals surface area contributed by atoms with Gasteiger partial charge in [0.1, 0.15) is 10.7 Å². The highest BCUT2D eigenvalue weighted by atomic mass is 35.5. The van der Waals surface area contributed by atoms with Gasteiger partial charge in [0, 0.05) is 0 Å². The minimum atomic E-state index is -4.11. The third-order valence-corrected chi connectivity index (χ3v) is 6.60. The minimum absolute atomic E-state index is 0.0369. The summed E-state index contributed by atoms with van der Waals surface area (Å²) >= 11 is 5.77. The molecule has 0 fully saturated rings. The van der Waals surface area contributed by atoms with E-state index >= 15 is 0 Å². The summed E-state index contributed by atoms with van der Waals surface area (Å²) in [6.45, 7) is 1.58. The van der Waals surface area contributed by atoms with Crippen LogP contribution in [0.4, 0.5) is 10.1 Å². The van der Waals surface area contributed by atoms with E-state index in [4.69, 9.17) is 11.6 Å². The van der Waals surface area contributed by atoms with E-state index < -0.39 is 25.9 Å². The van der Waals surface area contributed by atoms with Crippen molar-refractivity contribution in [1.82, 2.24) is 4.72 Å². The third kappa shape index (κ3) is 3.86. The second-order valence-electron chi connectivity index (χ2n) is 4.87. The van der Waals surface area contributed by atoms with Gasteiger partial charge in [-0.25, -0.2) is 25.9 Å². The average molecular weight is 393 g/mol. The molecule has 0 unspecified atom stereocenters. The predicted molar refractivity (Wildman–Crippen MR) is 89.6 cm³/mol. The maximum atomic E-state index is 13.1. The van der Waals surface area contributed by atoms with Gasteiger partial charge in [-0.15, -0.1) is 0 Å². The summed E-state index contributed by atoms with van der Waals surface area (Å²) in [5.74, 6) is -0.670. The maximum Gasteiger partial charge on any atom is 0.263 e. The van der Waals surface area contributed by atoms with Crippen molar-refractivity contribution >= 4 is 37.3 Å². The predicted octanol–water partition coefficient (Wildman–Crippen LogP) is 2.50. The number of aryl methyl sites for hydroxylation is 1. The van der Waals surface area contributed by atoms with E-state index in [-0.39, 0.29) is 20.5 Å². The summed E-state index contributed by atoms with van der Waals surface area (Å²) in [4.78, 5) is -0.375. The molecule has 0 spiro atoms. The van der Waals surface area contributed by atoms with E-state index in [9.17, 15) is 21.2 Å². The average Bonchev–Trinajstić information content (AvgIpc) is 2.48. The normalized spacial score (nSPS) is 12.2. The SMILES string of the molecule is CNS(=O)(=O)c1cc(NS(=O)(=O)c2ccc(F)cc2Cl)ccc1C. The van der Waals surface area contributed by atoms with Crippen molar-refractivity contribution in [3.8, 4) is 0 Å². The van der Waals surface area contributed by atoms with Gasteiger partial charge in [-0.3, -0.25) is 4.72 Å². The van der Waals surface area contributed by atoms with E-state index in [1.807, 2.05) is 0 Å². The smallest absolute Gasteiger partial charge is 0.263 e. The molecule has 0 bridgehead atoms. The van der Waals surface area contributed by atoms with Crippen LogP contribution in [0.2, 0.25) is 5.02 Å². The van der Waals surface area contributed by atoms with Gasteiger partial charge in [0.15, 0.2) is 0 Å². The monoisotopic (exact) mass is 392 g/mol. The number of nitrogens with one attached hydrogen (secondary N) is 2. The first-order valence-corrected chi connectivity index (χ1v) is 9.93. The molecule has 0 radical (unpaired) electrons. The lowest BCUT2D eigenvalue weighted by Gasteiger charge is -2.12. The maximum absolute atomic E-state index is 13.1. The second-order valence-corrected chi connectivity index (χ2v) is 8.78. The molecule has 0 heterocycles. The lowest BCUT2D eigenvalue weighted by atomic mass is 10.2. The second kappa shape index (κ2) is 6.67. The summed E-state index contributed by atoms with van der Waals surface area (Å²) in [6.07, 6.45) is 0. The Kier molecular flexibility index (Phi) is 5.19. The number of rotatable bonds is 5. The Hall–Kier alpha value is -1.68. The zero-order valence-electron chi connectivity index (χ0n) is 12.7. The zero-order valence-corrected chi connectivity index (χ0v) is 15.1. The molecular weight excluding hydrogens is 379 g/mol. The molecule has 2 aromatic carbocycles. The van der Waals surface area contributed by atoms with Crippen molar-refractivity contribution in [1.29, 1.82) is 0 Å². The Bertz CT molecular complexity index is 992. The zero-order chi connectivity index (χ0) is 18.1. The van der Waals surface area contributed by atoms with Gasteiger partial charge in [-0.2, -0.15) is 0 Å². The number of halogens is 2. The van der Waals surface area contributed by atoms with Crippen LogP contribution in [0.3, 0.4) is 0 Å². The highest BCUT2D eigenvalue weighted by Gasteiger charge is 2.21. The summed E-state index contributed by atoms with van der Waals surface area (Å²) < 4.78 is 66.1. The molecule has 2 N–H and O–H groups in total. The lowest BCUT2D eigenvalue weighted by Crippen LogP contribution is -2.20. The van der Waals surface area contributed by atoms with E-state index in [1.54, 1.807) is 6.92 Å². The van der Waals surface area contributed by atoms with E-state index in [0.29, 0.717) is 5.56 Å². The fourth-order valence-electron chi connectivity index (χ4n) is 1.97. The van der Waals surface area contributed by atoms with Gasteiger partial charge in [0.2, 0.25) is 10.0 Å².